The van der Waals surface area contributed by atoms with Crippen LogP contribution in [0, 0.1) is 40.9 Å². The van der Waals surface area contributed by atoms with Gasteiger partial charge in [0.05, 0.1) is 23.0 Å². The van der Waals surface area contributed by atoms with Gasteiger partial charge >= 0.3 is 0 Å². The van der Waals surface area contributed by atoms with Crippen molar-refractivity contribution in [3.63, 3.8) is 0 Å². The van der Waals surface area contributed by atoms with E-state index in [1.165, 1.54) is 13.8 Å². The SMILES string of the molecule is CC(=N)N1c2sc(C#CC3CCOCC3)c(C)c2C(c2ccc(Cl)cc2)=NCC1N.CC(=N)OC(C)=N. The second-order valence-corrected chi connectivity index (χ2v) is 10.3. The van der Waals surface area contributed by atoms with E-state index >= 15 is 0 Å². The van der Waals surface area contributed by atoms with Gasteiger partial charge in [0.15, 0.2) is 11.8 Å². The topological polar surface area (TPSA) is 132 Å². The number of hydrogen-bond acceptors (Lipinski definition) is 8. The molecule has 0 aliphatic carbocycles. The Bertz CT molecular complexity index is 1240. The monoisotopic (exact) mass is 540 g/mol. The number of nitrogens with one attached hydrogen (secondary N) is 3. The molecular weight excluding hydrogens is 508 g/mol. The van der Waals surface area contributed by atoms with Crippen molar-refractivity contribution in [2.75, 3.05) is 24.7 Å². The fraction of sp³-hybridized carbons (Fsp3) is 0.407. The molecular formula is C27H33ClN6O2S. The zero-order valence-corrected chi connectivity index (χ0v) is 23.1. The molecule has 1 atom stereocenters. The van der Waals surface area contributed by atoms with Crippen LogP contribution in [0.4, 0.5) is 5.00 Å². The predicted octanol–water partition coefficient (Wildman–Crippen LogP) is 5.42. The number of amidine groups is 1. The van der Waals surface area contributed by atoms with Gasteiger partial charge in [-0.05, 0) is 44.4 Å². The van der Waals surface area contributed by atoms with E-state index in [1.54, 1.807) is 18.3 Å². The smallest absolute Gasteiger partial charge is 0.185 e. The molecule has 196 valence electrons. The van der Waals surface area contributed by atoms with Crippen LogP contribution in [0.1, 0.15) is 55.2 Å². The highest BCUT2D eigenvalue weighted by molar-refractivity contribution is 7.17. The van der Waals surface area contributed by atoms with E-state index in [9.17, 15) is 0 Å². The first-order chi connectivity index (χ1) is 17.6. The number of rotatable bonds is 1. The van der Waals surface area contributed by atoms with E-state index in [2.05, 4.69) is 23.5 Å². The van der Waals surface area contributed by atoms with Crippen molar-refractivity contribution in [2.45, 2.75) is 46.7 Å². The molecule has 3 heterocycles. The van der Waals surface area contributed by atoms with Crippen LogP contribution in [0.25, 0.3) is 0 Å². The molecule has 0 radical (unpaired) electrons. The maximum absolute atomic E-state index is 8.32. The van der Waals surface area contributed by atoms with Gasteiger partial charge in [-0.25, -0.2) is 0 Å². The van der Waals surface area contributed by atoms with Crippen molar-refractivity contribution in [1.82, 2.24) is 0 Å². The summed E-state index contributed by atoms with van der Waals surface area (Å²) in [6, 6.07) is 7.70. The molecule has 1 aromatic heterocycles. The Morgan fingerprint density at radius 3 is 2.30 bits per heavy atom. The lowest BCUT2D eigenvalue weighted by Crippen LogP contribution is -2.46. The highest BCUT2D eigenvalue weighted by atomic mass is 35.5. The highest BCUT2D eigenvalue weighted by Crippen LogP contribution is 2.39. The van der Waals surface area contributed by atoms with Crippen molar-refractivity contribution in [3.05, 3.63) is 50.9 Å². The summed E-state index contributed by atoms with van der Waals surface area (Å²) in [7, 11) is 0. The standard InChI is InChI=1S/C23H25ClN4OS.C4H8N2O/c1-14-19(8-3-16-9-11-29-12-10-16)30-23-21(14)22(17-4-6-18(24)7-5-17)27-13-20(26)28(23)15(2)25;1-3(5)7-4(2)6/h4-7,16,20,25H,9-13,26H2,1-2H3;5-6H,1-2H3. The third-order valence-corrected chi connectivity index (χ3v) is 7.21. The third-order valence-electron chi connectivity index (χ3n) is 5.75. The predicted molar refractivity (Wildman–Crippen MR) is 153 cm³/mol. The second-order valence-electron chi connectivity index (χ2n) is 8.83. The Labute approximate surface area is 227 Å². The number of fused-ring (bicyclic) bond motifs is 1. The normalized spacial score (nSPS) is 17.2. The lowest BCUT2D eigenvalue weighted by atomic mass is 9.98. The van der Waals surface area contributed by atoms with Gasteiger partial charge in [-0.3, -0.25) is 21.2 Å². The summed E-state index contributed by atoms with van der Waals surface area (Å²) in [4.78, 5) is 7.74. The van der Waals surface area contributed by atoms with Gasteiger partial charge in [-0.15, -0.1) is 11.3 Å². The van der Waals surface area contributed by atoms with E-state index < -0.39 is 0 Å². The Hall–Kier alpha value is -3.03. The zero-order valence-electron chi connectivity index (χ0n) is 21.6. The largest absolute Gasteiger partial charge is 0.430 e. The number of aliphatic imine (C=N–C) groups is 1. The molecule has 1 saturated heterocycles. The van der Waals surface area contributed by atoms with Crippen LogP contribution in [0.3, 0.4) is 0 Å². The number of ether oxygens (including phenoxy) is 2. The van der Waals surface area contributed by atoms with E-state index in [0.29, 0.717) is 23.3 Å². The molecule has 0 amide bonds. The van der Waals surface area contributed by atoms with E-state index in [4.69, 9.17) is 43.3 Å². The lowest BCUT2D eigenvalue weighted by molar-refractivity contribution is 0.0807. The van der Waals surface area contributed by atoms with Gasteiger partial charge < -0.3 is 20.1 Å². The van der Waals surface area contributed by atoms with Crippen LogP contribution in [0.15, 0.2) is 29.3 Å². The first kappa shape index (κ1) is 28.5. The van der Waals surface area contributed by atoms with Crippen molar-refractivity contribution in [1.29, 1.82) is 16.2 Å². The number of thiophene rings is 1. The number of nitrogens with zero attached hydrogens (tertiary/aromatic N) is 2. The molecule has 1 fully saturated rings. The maximum atomic E-state index is 8.32. The van der Waals surface area contributed by atoms with Crippen molar-refractivity contribution < 1.29 is 9.47 Å². The molecule has 5 N–H and O–H groups in total. The van der Waals surface area contributed by atoms with Gasteiger partial charge in [-0.1, -0.05) is 35.6 Å². The first-order valence-corrected chi connectivity index (χ1v) is 13.2. The number of anilines is 1. The van der Waals surface area contributed by atoms with Gasteiger partial charge in [-0.2, -0.15) is 0 Å². The quantitative estimate of drug-likeness (QED) is 0.218. The minimum absolute atomic E-state index is 0.0625. The molecule has 1 unspecified atom stereocenters. The average molecular weight is 541 g/mol. The minimum atomic E-state index is -0.389. The molecule has 0 saturated carbocycles. The molecule has 0 bridgehead atoms. The molecule has 1 aromatic carbocycles. The summed E-state index contributed by atoms with van der Waals surface area (Å²) in [6.45, 7) is 8.79. The highest BCUT2D eigenvalue weighted by Gasteiger charge is 2.30. The number of halogens is 1. The van der Waals surface area contributed by atoms with E-state index in [1.807, 2.05) is 29.2 Å². The molecule has 10 heteroatoms. The first-order valence-electron chi connectivity index (χ1n) is 12.0. The van der Waals surface area contributed by atoms with E-state index in [-0.39, 0.29) is 18.0 Å². The van der Waals surface area contributed by atoms with Crippen molar-refractivity contribution in [2.24, 2.45) is 16.6 Å². The van der Waals surface area contributed by atoms with E-state index in [0.717, 1.165) is 58.3 Å². The van der Waals surface area contributed by atoms with Gasteiger partial charge in [0.25, 0.3) is 0 Å². The van der Waals surface area contributed by atoms with Crippen LogP contribution in [-0.2, 0) is 9.47 Å². The zero-order chi connectivity index (χ0) is 27.1. The molecule has 8 nitrogen and oxygen atoms in total. The lowest BCUT2D eigenvalue weighted by Gasteiger charge is -2.26. The molecule has 37 heavy (non-hydrogen) atoms. The summed E-state index contributed by atoms with van der Waals surface area (Å²) in [6.07, 6.45) is 1.57. The summed E-state index contributed by atoms with van der Waals surface area (Å²) < 4.78 is 9.86. The van der Waals surface area contributed by atoms with Crippen LogP contribution < -0.4 is 10.6 Å². The Kier molecular flexibility index (Phi) is 10.0. The van der Waals surface area contributed by atoms with Gasteiger partial charge in [0.2, 0.25) is 0 Å². The Balaban J connectivity index is 0.000000479. The molecule has 2 aliphatic rings. The fourth-order valence-corrected chi connectivity index (χ4v) is 5.45. The summed E-state index contributed by atoms with van der Waals surface area (Å²) in [5.74, 6) is 7.75. The summed E-state index contributed by atoms with van der Waals surface area (Å²) >= 11 is 7.70. The average Bonchev–Trinajstić information content (AvgIpc) is 3.05. The molecule has 4 rings (SSSR count). The van der Waals surface area contributed by atoms with Crippen LogP contribution >= 0.6 is 22.9 Å². The third kappa shape index (κ3) is 7.49. The molecule has 2 aliphatic heterocycles. The Morgan fingerprint density at radius 2 is 1.76 bits per heavy atom. The fourth-order valence-electron chi connectivity index (χ4n) is 4.05. The number of hydrogen-bond donors (Lipinski definition) is 4. The number of nitrogens with two attached hydrogens (primary N) is 1. The maximum Gasteiger partial charge on any atom is 0.185 e. The Morgan fingerprint density at radius 1 is 1.14 bits per heavy atom. The molecule has 0 spiro atoms. The molecule has 2 aromatic rings. The summed E-state index contributed by atoms with van der Waals surface area (Å²) in [5.41, 5.74) is 10.4. The minimum Gasteiger partial charge on any atom is -0.430 e. The van der Waals surface area contributed by atoms with Gasteiger partial charge in [0, 0.05) is 49.1 Å². The van der Waals surface area contributed by atoms with Crippen molar-refractivity contribution in [3.8, 4) is 11.8 Å². The number of benzene rings is 1. The van der Waals surface area contributed by atoms with Crippen LogP contribution in [0.2, 0.25) is 5.02 Å². The van der Waals surface area contributed by atoms with Crippen molar-refractivity contribution >= 4 is 51.3 Å². The van der Waals surface area contributed by atoms with Gasteiger partial charge in [0.1, 0.15) is 11.2 Å². The second kappa shape index (κ2) is 13.0. The summed E-state index contributed by atoms with van der Waals surface area (Å²) in [5, 5.41) is 23.3. The van der Waals surface area contributed by atoms with Crippen LogP contribution in [0.5, 0.6) is 0 Å². The van der Waals surface area contributed by atoms with Crippen LogP contribution in [-0.4, -0.2) is 49.3 Å².